The predicted molar refractivity (Wildman–Crippen MR) is 123 cm³/mol. The summed E-state index contributed by atoms with van der Waals surface area (Å²) in [5, 5.41) is 3.09. The molecule has 0 spiro atoms. The van der Waals surface area contributed by atoms with Gasteiger partial charge in [-0.05, 0) is 30.2 Å². The zero-order valence-corrected chi connectivity index (χ0v) is 17.7. The van der Waals surface area contributed by atoms with Crippen molar-refractivity contribution < 1.29 is 9.59 Å². The average molecular weight is 414 g/mol. The lowest BCUT2D eigenvalue weighted by molar-refractivity contribution is -0.117. The minimum atomic E-state index is -0.213. The van der Waals surface area contributed by atoms with Gasteiger partial charge >= 0.3 is 6.03 Å². The Bertz CT molecular complexity index is 978. The van der Waals surface area contributed by atoms with Crippen LogP contribution in [0.4, 0.5) is 10.5 Å². The van der Waals surface area contributed by atoms with Crippen molar-refractivity contribution in [3.05, 3.63) is 102 Å². The van der Waals surface area contributed by atoms with Gasteiger partial charge in [-0.15, -0.1) is 0 Å². The summed E-state index contributed by atoms with van der Waals surface area (Å²) in [5.74, 6) is 0.0341. The molecule has 158 valence electrons. The maximum absolute atomic E-state index is 13.2. The largest absolute Gasteiger partial charge is 0.333 e. The molecule has 31 heavy (non-hydrogen) atoms. The summed E-state index contributed by atoms with van der Waals surface area (Å²) in [5.41, 5.74) is 4.16. The van der Waals surface area contributed by atoms with Crippen molar-refractivity contribution in [2.75, 3.05) is 11.4 Å². The Labute approximate surface area is 183 Å². The molecule has 5 heteroatoms. The van der Waals surface area contributed by atoms with Crippen LogP contribution in [0.1, 0.15) is 23.1 Å². The number of rotatable bonds is 6. The molecule has 3 amide bonds. The molecule has 1 atom stereocenters. The Morgan fingerprint density at radius 2 is 1.45 bits per heavy atom. The van der Waals surface area contributed by atoms with Crippen LogP contribution < -0.4 is 10.2 Å². The van der Waals surface area contributed by atoms with Gasteiger partial charge in [0.1, 0.15) is 0 Å². The first-order chi connectivity index (χ1) is 15.1. The number of carbonyl (C=O) groups is 2. The Morgan fingerprint density at radius 3 is 2.00 bits per heavy atom. The van der Waals surface area contributed by atoms with Gasteiger partial charge in [0, 0.05) is 31.7 Å². The highest BCUT2D eigenvalue weighted by Crippen LogP contribution is 2.22. The number of hydrogen-bond donors (Lipinski definition) is 1. The molecule has 0 radical (unpaired) electrons. The van der Waals surface area contributed by atoms with Crippen molar-refractivity contribution in [1.29, 1.82) is 0 Å². The van der Waals surface area contributed by atoms with Crippen LogP contribution in [0.5, 0.6) is 0 Å². The monoisotopic (exact) mass is 413 g/mol. The quantitative estimate of drug-likeness (QED) is 0.646. The van der Waals surface area contributed by atoms with Crippen LogP contribution >= 0.6 is 0 Å². The SMILES string of the molecule is Cc1ccc(N2CC(NC(=O)N(Cc3ccccc3)Cc3ccccc3)CC2=O)cc1. The van der Waals surface area contributed by atoms with Crippen LogP contribution in [0.3, 0.4) is 0 Å². The lowest BCUT2D eigenvalue weighted by Crippen LogP contribution is -2.45. The van der Waals surface area contributed by atoms with Crippen molar-refractivity contribution >= 4 is 17.6 Å². The first-order valence-corrected chi connectivity index (χ1v) is 10.6. The summed E-state index contributed by atoms with van der Waals surface area (Å²) in [6, 6.07) is 27.4. The number of urea groups is 1. The van der Waals surface area contributed by atoms with Crippen LogP contribution in [-0.4, -0.2) is 29.4 Å². The van der Waals surface area contributed by atoms with Gasteiger partial charge in [-0.2, -0.15) is 0 Å². The second kappa shape index (κ2) is 9.47. The number of nitrogens with one attached hydrogen (secondary N) is 1. The highest BCUT2D eigenvalue weighted by molar-refractivity contribution is 5.96. The second-order valence-corrected chi connectivity index (χ2v) is 8.02. The topological polar surface area (TPSA) is 52.7 Å². The standard InChI is InChI=1S/C26H27N3O2/c1-20-12-14-24(15-13-20)29-19-23(16-25(29)30)27-26(31)28(17-21-8-4-2-5-9-21)18-22-10-6-3-7-11-22/h2-15,23H,16-19H2,1H3,(H,27,31). The lowest BCUT2D eigenvalue weighted by atomic mass is 10.1. The lowest BCUT2D eigenvalue weighted by Gasteiger charge is -2.25. The van der Waals surface area contributed by atoms with E-state index in [-0.39, 0.29) is 18.0 Å². The van der Waals surface area contributed by atoms with E-state index in [1.807, 2.05) is 91.9 Å². The van der Waals surface area contributed by atoms with Crippen molar-refractivity contribution in [3.63, 3.8) is 0 Å². The highest BCUT2D eigenvalue weighted by atomic mass is 16.2. The van der Waals surface area contributed by atoms with E-state index in [9.17, 15) is 9.59 Å². The van der Waals surface area contributed by atoms with Gasteiger partial charge < -0.3 is 15.1 Å². The van der Waals surface area contributed by atoms with Gasteiger partial charge in [0.25, 0.3) is 0 Å². The molecule has 1 unspecified atom stereocenters. The molecule has 3 aromatic rings. The molecule has 3 aromatic carbocycles. The third-order valence-electron chi connectivity index (χ3n) is 5.52. The molecular weight excluding hydrogens is 386 g/mol. The fourth-order valence-corrected chi connectivity index (χ4v) is 3.85. The summed E-state index contributed by atoms with van der Waals surface area (Å²) in [4.78, 5) is 29.3. The number of anilines is 1. The van der Waals surface area contributed by atoms with Gasteiger partial charge in [-0.25, -0.2) is 4.79 Å². The molecule has 1 heterocycles. The van der Waals surface area contributed by atoms with Crippen molar-refractivity contribution in [3.8, 4) is 0 Å². The summed E-state index contributed by atoms with van der Waals surface area (Å²) in [7, 11) is 0. The first-order valence-electron chi connectivity index (χ1n) is 10.6. The van der Waals surface area contributed by atoms with Gasteiger partial charge in [0.2, 0.25) is 5.91 Å². The van der Waals surface area contributed by atoms with Crippen molar-refractivity contribution in [1.82, 2.24) is 10.2 Å². The van der Waals surface area contributed by atoms with Crippen LogP contribution in [0.2, 0.25) is 0 Å². The molecule has 0 saturated carbocycles. The number of hydrogen-bond acceptors (Lipinski definition) is 2. The maximum atomic E-state index is 13.2. The number of nitrogens with zero attached hydrogens (tertiary/aromatic N) is 2. The molecule has 1 saturated heterocycles. The normalized spacial score (nSPS) is 15.7. The average Bonchev–Trinajstić information content (AvgIpc) is 3.15. The molecule has 0 aliphatic carbocycles. The van der Waals surface area contributed by atoms with Crippen molar-refractivity contribution in [2.45, 2.75) is 32.5 Å². The predicted octanol–water partition coefficient (Wildman–Crippen LogP) is 4.51. The van der Waals surface area contributed by atoms with Gasteiger partial charge in [-0.1, -0.05) is 78.4 Å². The van der Waals surface area contributed by atoms with E-state index in [1.54, 1.807) is 9.80 Å². The summed E-state index contributed by atoms with van der Waals surface area (Å²) >= 11 is 0. The zero-order valence-electron chi connectivity index (χ0n) is 17.7. The number of aryl methyl sites for hydroxylation is 1. The smallest absolute Gasteiger partial charge is 0.318 e. The van der Waals surface area contributed by atoms with E-state index >= 15 is 0 Å². The van der Waals surface area contributed by atoms with E-state index in [4.69, 9.17) is 0 Å². The van der Waals surface area contributed by atoms with E-state index in [0.717, 1.165) is 22.4 Å². The summed E-state index contributed by atoms with van der Waals surface area (Å²) in [6.45, 7) is 3.51. The Hall–Kier alpha value is -3.60. The summed E-state index contributed by atoms with van der Waals surface area (Å²) in [6.07, 6.45) is 0.310. The first kappa shape index (κ1) is 20.7. The van der Waals surface area contributed by atoms with E-state index in [0.29, 0.717) is 26.1 Å². The highest BCUT2D eigenvalue weighted by Gasteiger charge is 2.32. The fraction of sp³-hybridized carbons (Fsp3) is 0.231. The third kappa shape index (κ3) is 5.31. The van der Waals surface area contributed by atoms with Gasteiger partial charge in [0.05, 0.1) is 6.04 Å². The van der Waals surface area contributed by atoms with Crippen molar-refractivity contribution in [2.24, 2.45) is 0 Å². The van der Waals surface area contributed by atoms with Crippen LogP contribution in [0.15, 0.2) is 84.9 Å². The Kier molecular flexibility index (Phi) is 6.32. The molecule has 5 nitrogen and oxygen atoms in total. The molecule has 0 aromatic heterocycles. The molecule has 4 rings (SSSR count). The fourth-order valence-electron chi connectivity index (χ4n) is 3.85. The Morgan fingerprint density at radius 1 is 0.903 bits per heavy atom. The number of benzene rings is 3. The van der Waals surface area contributed by atoms with Gasteiger partial charge in [-0.3, -0.25) is 4.79 Å². The Balaban J connectivity index is 1.45. The van der Waals surface area contributed by atoms with E-state index in [2.05, 4.69) is 5.32 Å². The minimum absolute atomic E-state index is 0.0341. The molecule has 1 aliphatic rings. The zero-order chi connectivity index (χ0) is 21.6. The van der Waals surface area contributed by atoms with Crippen LogP contribution in [0, 0.1) is 6.92 Å². The number of carbonyl (C=O) groups excluding carboxylic acids is 2. The van der Waals surface area contributed by atoms with E-state index < -0.39 is 0 Å². The maximum Gasteiger partial charge on any atom is 0.318 e. The van der Waals surface area contributed by atoms with Crippen LogP contribution in [-0.2, 0) is 17.9 Å². The number of amides is 3. The van der Waals surface area contributed by atoms with E-state index in [1.165, 1.54) is 0 Å². The molecule has 1 aliphatic heterocycles. The molecule has 1 N–H and O–H groups in total. The molecular formula is C26H27N3O2. The third-order valence-corrected chi connectivity index (χ3v) is 5.52. The molecule has 1 fully saturated rings. The second-order valence-electron chi connectivity index (χ2n) is 8.02. The van der Waals surface area contributed by atoms with Crippen LogP contribution in [0.25, 0.3) is 0 Å². The van der Waals surface area contributed by atoms with Gasteiger partial charge in [0.15, 0.2) is 0 Å². The summed E-state index contributed by atoms with van der Waals surface area (Å²) < 4.78 is 0. The minimum Gasteiger partial charge on any atom is -0.333 e. The molecule has 0 bridgehead atoms.